The van der Waals surface area contributed by atoms with Gasteiger partial charge in [-0.05, 0) is 52.9 Å². The average molecular weight is 369 g/mol. The Morgan fingerprint density at radius 2 is 1.95 bits per heavy atom. The van der Waals surface area contributed by atoms with Crippen molar-refractivity contribution in [1.29, 1.82) is 0 Å². The summed E-state index contributed by atoms with van der Waals surface area (Å²) in [5.41, 5.74) is 1.97. The highest BCUT2D eigenvalue weighted by atomic mass is 79.9. The Morgan fingerprint density at radius 1 is 1.24 bits per heavy atom. The van der Waals surface area contributed by atoms with Crippen LogP contribution in [0.25, 0.3) is 0 Å². The van der Waals surface area contributed by atoms with E-state index in [1.54, 1.807) is 0 Å². The molecule has 1 nitrogen and oxygen atoms in total. The summed E-state index contributed by atoms with van der Waals surface area (Å²) in [4.78, 5) is 0. The normalized spacial score (nSPS) is 22.1. The smallest absolute Gasteiger partial charge is 0.147 e. The second-order valence-electron chi connectivity index (χ2n) is 5.45. The highest BCUT2D eigenvalue weighted by molar-refractivity contribution is 9.10. The van der Waals surface area contributed by atoms with E-state index < -0.39 is 0 Å². The van der Waals surface area contributed by atoms with Gasteiger partial charge in [-0.1, -0.05) is 48.0 Å². The van der Waals surface area contributed by atoms with Crippen LogP contribution in [-0.4, -0.2) is 7.05 Å². The van der Waals surface area contributed by atoms with Gasteiger partial charge in [0.2, 0.25) is 0 Å². The van der Waals surface area contributed by atoms with E-state index in [-0.39, 0.29) is 16.9 Å². The minimum Gasteiger partial charge on any atom is -0.313 e. The molecule has 3 rings (SSSR count). The topological polar surface area (TPSA) is 12.0 Å². The zero-order valence-electron chi connectivity index (χ0n) is 11.6. The monoisotopic (exact) mass is 367 g/mol. The van der Waals surface area contributed by atoms with E-state index in [1.165, 1.54) is 5.56 Å². The summed E-state index contributed by atoms with van der Waals surface area (Å²) in [6, 6.07) is 14.0. The molecule has 3 unspecified atom stereocenters. The van der Waals surface area contributed by atoms with Gasteiger partial charge in [-0.25, -0.2) is 4.39 Å². The van der Waals surface area contributed by atoms with Gasteiger partial charge in [0.15, 0.2) is 0 Å². The summed E-state index contributed by atoms with van der Waals surface area (Å²) in [6.07, 6.45) is 1.07. The van der Waals surface area contributed by atoms with Crippen molar-refractivity contribution in [2.75, 3.05) is 7.05 Å². The Bertz CT molecular complexity index is 647. The molecule has 2 aromatic carbocycles. The van der Waals surface area contributed by atoms with Crippen LogP contribution in [0, 0.1) is 11.7 Å². The van der Waals surface area contributed by atoms with Crippen molar-refractivity contribution in [3.8, 4) is 0 Å². The van der Waals surface area contributed by atoms with Crippen molar-refractivity contribution in [3.63, 3.8) is 0 Å². The van der Waals surface area contributed by atoms with Gasteiger partial charge in [-0.2, -0.15) is 0 Å². The lowest BCUT2D eigenvalue weighted by Crippen LogP contribution is -2.20. The molecule has 1 aliphatic rings. The summed E-state index contributed by atoms with van der Waals surface area (Å²) in [5.74, 6) is 0.568. The zero-order valence-corrected chi connectivity index (χ0v) is 14.0. The minimum absolute atomic E-state index is 0.0131. The van der Waals surface area contributed by atoms with Gasteiger partial charge < -0.3 is 5.32 Å². The van der Waals surface area contributed by atoms with Gasteiger partial charge in [-0.3, -0.25) is 0 Å². The van der Waals surface area contributed by atoms with E-state index in [2.05, 4.69) is 45.5 Å². The second-order valence-corrected chi connectivity index (χ2v) is 6.68. The number of benzene rings is 2. The Kier molecular flexibility index (Phi) is 4.34. The molecule has 0 radical (unpaired) electrons. The Balaban J connectivity index is 1.86. The zero-order chi connectivity index (χ0) is 15.0. The van der Waals surface area contributed by atoms with Crippen LogP contribution < -0.4 is 5.32 Å². The first-order valence-corrected chi connectivity index (χ1v) is 8.16. The van der Waals surface area contributed by atoms with Gasteiger partial charge in [0, 0.05) is 16.1 Å². The van der Waals surface area contributed by atoms with Gasteiger partial charge in [0.1, 0.15) is 5.82 Å². The van der Waals surface area contributed by atoms with Gasteiger partial charge in [0.25, 0.3) is 0 Å². The van der Waals surface area contributed by atoms with E-state index in [1.807, 2.05) is 25.2 Å². The molecule has 110 valence electrons. The maximum atomic E-state index is 14.4. The fraction of sp³-hybridized carbons (Fsp3) is 0.294. The maximum absolute atomic E-state index is 14.4. The van der Waals surface area contributed by atoms with Crippen molar-refractivity contribution >= 4 is 27.5 Å². The fourth-order valence-corrected chi connectivity index (χ4v) is 3.53. The lowest BCUT2D eigenvalue weighted by atomic mass is 9.98. The summed E-state index contributed by atoms with van der Waals surface area (Å²) < 4.78 is 15.0. The highest BCUT2D eigenvalue weighted by Crippen LogP contribution is 2.54. The van der Waals surface area contributed by atoms with E-state index in [4.69, 9.17) is 11.6 Å². The fourth-order valence-electron chi connectivity index (χ4n) is 3.05. The molecule has 1 N–H and O–H groups in total. The predicted molar refractivity (Wildman–Crippen MR) is 88.2 cm³/mol. The van der Waals surface area contributed by atoms with Gasteiger partial charge >= 0.3 is 0 Å². The third-order valence-electron chi connectivity index (χ3n) is 4.21. The Labute approximate surface area is 137 Å². The lowest BCUT2D eigenvalue weighted by Gasteiger charge is -2.18. The summed E-state index contributed by atoms with van der Waals surface area (Å²) in [7, 11) is 1.88. The molecule has 21 heavy (non-hydrogen) atoms. The lowest BCUT2D eigenvalue weighted by molar-refractivity contribution is 0.485. The third-order valence-corrected chi connectivity index (χ3v) is 5.47. The molecule has 0 aromatic heterocycles. The Hall–Kier alpha value is -0.900. The van der Waals surface area contributed by atoms with Crippen LogP contribution in [0.1, 0.15) is 29.5 Å². The predicted octanol–water partition coefficient (Wildman–Crippen LogP) is 5.31. The van der Waals surface area contributed by atoms with E-state index in [0.29, 0.717) is 21.9 Å². The molecule has 0 spiro atoms. The molecule has 0 saturated heterocycles. The first kappa shape index (κ1) is 15.0. The van der Waals surface area contributed by atoms with Crippen LogP contribution in [0.15, 0.2) is 46.9 Å². The number of rotatable bonds is 4. The molecule has 2 aromatic rings. The molecule has 0 bridgehead atoms. The minimum atomic E-state index is -0.330. The van der Waals surface area contributed by atoms with Gasteiger partial charge in [0.05, 0.1) is 5.02 Å². The van der Waals surface area contributed by atoms with Crippen molar-refractivity contribution < 1.29 is 4.39 Å². The van der Waals surface area contributed by atoms with Crippen LogP contribution in [-0.2, 0) is 0 Å². The number of halogens is 3. The van der Waals surface area contributed by atoms with E-state index in [9.17, 15) is 4.39 Å². The highest BCUT2D eigenvalue weighted by Gasteiger charge is 2.44. The van der Waals surface area contributed by atoms with Crippen molar-refractivity contribution in [1.82, 2.24) is 5.32 Å². The molecule has 0 amide bonds. The average Bonchev–Trinajstić information content (AvgIpc) is 3.29. The van der Waals surface area contributed by atoms with Crippen LogP contribution in [0.5, 0.6) is 0 Å². The summed E-state index contributed by atoms with van der Waals surface area (Å²) >= 11 is 9.27. The molecule has 1 aliphatic carbocycles. The molecule has 4 heteroatoms. The van der Waals surface area contributed by atoms with Crippen LogP contribution in [0.2, 0.25) is 5.02 Å². The molecule has 1 saturated carbocycles. The second kappa shape index (κ2) is 6.07. The van der Waals surface area contributed by atoms with E-state index in [0.717, 1.165) is 6.42 Å². The molecule has 0 aliphatic heterocycles. The Morgan fingerprint density at radius 3 is 2.62 bits per heavy atom. The van der Waals surface area contributed by atoms with Crippen molar-refractivity contribution in [2.24, 2.45) is 5.92 Å². The first-order chi connectivity index (χ1) is 10.1. The van der Waals surface area contributed by atoms with Gasteiger partial charge in [-0.15, -0.1) is 0 Å². The number of hydrogen-bond donors (Lipinski definition) is 1. The standard InChI is InChI=1S/C17H16BrClFN/c1-21-17(11-7-8-14(18)15(19)16(11)20)13-9-12(13)10-5-3-2-4-6-10/h2-8,12-13,17,21H,9H2,1H3. The van der Waals surface area contributed by atoms with Crippen LogP contribution >= 0.6 is 27.5 Å². The summed E-state index contributed by atoms with van der Waals surface area (Å²) in [5, 5.41) is 3.41. The van der Waals surface area contributed by atoms with E-state index >= 15 is 0 Å². The first-order valence-electron chi connectivity index (χ1n) is 6.99. The van der Waals surface area contributed by atoms with Crippen molar-refractivity contribution in [3.05, 3.63) is 68.9 Å². The number of nitrogens with one attached hydrogen (secondary N) is 1. The maximum Gasteiger partial charge on any atom is 0.147 e. The molecular weight excluding hydrogens is 353 g/mol. The quantitative estimate of drug-likeness (QED) is 0.722. The molecule has 3 atom stereocenters. The van der Waals surface area contributed by atoms with Crippen molar-refractivity contribution in [2.45, 2.75) is 18.4 Å². The third kappa shape index (κ3) is 2.87. The largest absolute Gasteiger partial charge is 0.313 e. The molecule has 0 heterocycles. The SMILES string of the molecule is CNC(c1ccc(Br)c(Cl)c1F)C1CC1c1ccccc1. The molecular formula is C17H16BrClFN. The molecule has 1 fully saturated rings. The van der Waals surface area contributed by atoms with Crippen LogP contribution in [0.3, 0.4) is 0 Å². The van der Waals surface area contributed by atoms with Crippen LogP contribution in [0.4, 0.5) is 4.39 Å². The number of hydrogen-bond acceptors (Lipinski definition) is 1. The summed E-state index contributed by atoms with van der Waals surface area (Å²) in [6.45, 7) is 0.